The van der Waals surface area contributed by atoms with Crippen LogP contribution >= 0.6 is 0 Å². The number of allylic oxidation sites excluding steroid dienone is 1. The molecule has 27 heavy (non-hydrogen) atoms. The molecule has 2 aromatic rings. The second-order valence-corrected chi connectivity index (χ2v) is 7.05. The molecule has 1 nitrogen and oxygen atoms in total. The van der Waals surface area contributed by atoms with Crippen LogP contribution < -0.4 is 5.73 Å². The van der Waals surface area contributed by atoms with Crippen molar-refractivity contribution in [3.05, 3.63) is 75.6 Å². The van der Waals surface area contributed by atoms with Crippen LogP contribution in [0.25, 0.3) is 6.08 Å². The SMILES string of the molecule is Cc1cc(C(/C=C/c2ccc3c(c2)CC(F)C3N)C(F)(F)F)cc(C)c1F. The number of rotatable bonds is 3. The van der Waals surface area contributed by atoms with Crippen LogP contribution in [0.2, 0.25) is 0 Å². The summed E-state index contributed by atoms with van der Waals surface area (Å²) in [6, 6.07) is 6.71. The van der Waals surface area contributed by atoms with Crippen molar-refractivity contribution in [2.24, 2.45) is 5.73 Å². The lowest BCUT2D eigenvalue weighted by Crippen LogP contribution is -2.19. The molecule has 6 heteroatoms. The van der Waals surface area contributed by atoms with Gasteiger partial charge in [0.1, 0.15) is 12.0 Å². The Morgan fingerprint density at radius 1 is 1.11 bits per heavy atom. The largest absolute Gasteiger partial charge is 0.399 e. The zero-order valence-corrected chi connectivity index (χ0v) is 14.9. The van der Waals surface area contributed by atoms with Gasteiger partial charge in [0.25, 0.3) is 0 Å². The quantitative estimate of drug-likeness (QED) is 0.679. The minimum absolute atomic E-state index is 0.0119. The fraction of sp³-hybridized carbons (Fsp3) is 0.333. The van der Waals surface area contributed by atoms with Crippen LogP contribution in [0.1, 0.15) is 45.3 Å². The first-order valence-electron chi connectivity index (χ1n) is 8.62. The van der Waals surface area contributed by atoms with Gasteiger partial charge in [-0.25, -0.2) is 8.78 Å². The average molecular weight is 381 g/mol. The highest BCUT2D eigenvalue weighted by Crippen LogP contribution is 2.38. The van der Waals surface area contributed by atoms with Gasteiger partial charge in [-0.2, -0.15) is 13.2 Å². The highest BCUT2D eigenvalue weighted by molar-refractivity contribution is 5.55. The standard InChI is InChI=1S/C21H20F5N/c1-11-7-15(8-12(2)19(11)23)17(21(24,25)26)6-4-13-3-5-16-14(9-13)10-18(22)20(16)27/h3-9,17-18,20H,10,27H2,1-2H3/b6-4+. The van der Waals surface area contributed by atoms with Crippen LogP contribution in [0.4, 0.5) is 22.0 Å². The lowest BCUT2D eigenvalue weighted by molar-refractivity contribution is -0.139. The van der Waals surface area contributed by atoms with Crippen molar-refractivity contribution in [1.29, 1.82) is 0 Å². The summed E-state index contributed by atoms with van der Waals surface area (Å²) in [6.07, 6.45) is -3.11. The zero-order valence-electron chi connectivity index (χ0n) is 14.9. The number of nitrogens with two attached hydrogens (primary N) is 1. The molecule has 0 fully saturated rings. The van der Waals surface area contributed by atoms with E-state index in [1.807, 2.05) is 0 Å². The number of hydrogen-bond donors (Lipinski definition) is 1. The maximum atomic E-state index is 13.8. The molecule has 0 bridgehead atoms. The molecule has 0 saturated heterocycles. The molecular weight excluding hydrogens is 361 g/mol. The van der Waals surface area contributed by atoms with Gasteiger partial charge in [0.2, 0.25) is 0 Å². The number of halogens is 5. The van der Waals surface area contributed by atoms with E-state index in [-0.39, 0.29) is 23.1 Å². The highest BCUT2D eigenvalue weighted by atomic mass is 19.4. The van der Waals surface area contributed by atoms with E-state index in [1.54, 1.807) is 18.2 Å². The summed E-state index contributed by atoms with van der Waals surface area (Å²) in [7, 11) is 0. The molecule has 2 aromatic carbocycles. The first-order valence-corrected chi connectivity index (χ1v) is 8.62. The summed E-state index contributed by atoms with van der Waals surface area (Å²) in [5.41, 5.74) is 8.05. The highest BCUT2D eigenvalue weighted by Gasteiger charge is 2.39. The Morgan fingerprint density at radius 2 is 1.74 bits per heavy atom. The maximum absolute atomic E-state index is 13.8. The molecule has 0 saturated carbocycles. The summed E-state index contributed by atoms with van der Waals surface area (Å²) in [6.45, 7) is 2.89. The smallest absolute Gasteiger partial charge is 0.322 e. The molecule has 1 aliphatic carbocycles. The second-order valence-electron chi connectivity index (χ2n) is 7.05. The summed E-state index contributed by atoms with van der Waals surface area (Å²) in [4.78, 5) is 0. The van der Waals surface area contributed by atoms with E-state index in [0.29, 0.717) is 16.7 Å². The van der Waals surface area contributed by atoms with Crippen molar-refractivity contribution >= 4 is 6.08 Å². The van der Waals surface area contributed by atoms with E-state index in [0.717, 1.165) is 6.08 Å². The predicted octanol–water partition coefficient (Wildman–Crippen LogP) is 5.70. The summed E-state index contributed by atoms with van der Waals surface area (Å²) in [5, 5.41) is 0. The molecule has 3 rings (SSSR count). The van der Waals surface area contributed by atoms with Crippen LogP contribution in [-0.2, 0) is 6.42 Å². The third-order valence-corrected chi connectivity index (χ3v) is 4.98. The maximum Gasteiger partial charge on any atom is 0.399 e. The Hall–Kier alpha value is -2.21. The van der Waals surface area contributed by atoms with Crippen molar-refractivity contribution in [2.45, 2.75) is 44.6 Å². The summed E-state index contributed by atoms with van der Waals surface area (Å²) >= 11 is 0. The summed E-state index contributed by atoms with van der Waals surface area (Å²) in [5.74, 6) is -2.36. The van der Waals surface area contributed by atoms with Crippen molar-refractivity contribution in [3.8, 4) is 0 Å². The molecular formula is C21H20F5N. The van der Waals surface area contributed by atoms with Crippen LogP contribution in [0, 0.1) is 19.7 Å². The van der Waals surface area contributed by atoms with Gasteiger partial charge in [-0.05, 0) is 47.2 Å². The lowest BCUT2D eigenvalue weighted by Gasteiger charge is -2.19. The fourth-order valence-electron chi connectivity index (χ4n) is 3.54. The summed E-state index contributed by atoms with van der Waals surface area (Å²) < 4.78 is 68.2. The normalized spacial score (nSPS) is 20.9. The Labute approximate surface area is 154 Å². The van der Waals surface area contributed by atoms with Gasteiger partial charge in [-0.3, -0.25) is 0 Å². The molecule has 0 radical (unpaired) electrons. The molecule has 0 aromatic heterocycles. The molecule has 0 aliphatic heterocycles. The van der Waals surface area contributed by atoms with Crippen LogP contribution in [0.15, 0.2) is 36.4 Å². The topological polar surface area (TPSA) is 26.0 Å². The van der Waals surface area contributed by atoms with Gasteiger partial charge in [0.15, 0.2) is 0 Å². The number of fused-ring (bicyclic) bond motifs is 1. The fourth-order valence-corrected chi connectivity index (χ4v) is 3.54. The van der Waals surface area contributed by atoms with Crippen LogP contribution in [0.5, 0.6) is 0 Å². The molecule has 0 heterocycles. The molecule has 0 spiro atoms. The molecule has 0 amide bonds. The number of hydrogen-bond acceptors (Lipinski definition) is 1. The lowest BCUT2D eigenvalue weighted by atomic mass is 9.93. The van der Waals surface area contributed by atoms with Crippen molar-refractivity contribution in [3.63, 3.8) is 0 Å². The Kier molecular flexibility index (Phi) is 5.12. The van der Waals surface area contributed by atoms with Gasteiger partial charge >= 0.3 is 6.18 Å². The first-order chi connectivity index (χ1) is 12.6. The van der Waals surface area contributed by atoms with Crippen LogP contribution in [0.3, 0.4) is 0 Å². The van der Waals surface area contributed by atoms with E-state index < -0.39 is 30.1 Å². The van der Waals surface area contributed by atoms with E-state index in [9.17, 15) is 22.0 Å². The minimum atomic E-state index is -4.52. The van der Waals surface area contributed by atoms with Gasteiger partial charge < -0.3 is 5.73 Å². The number of aryl methyl sites for hydroxylation is 2. The van der Waals surface area contributed by atoms with E-state index in [1.165, 1.54) is 32.1 Å². The Balaban J connectivity index is 1.94. The zero-order chi connectivity index (χ0) is 19.9. The van der Waals surface area contributed by atoms with Crippen molar-refractivity contribution < 1.29 is 22.0 Å². The Bertz CT molecular complexity index is 862. The first kappa shape index (κ1) is 19.5. The van der Waals surface area contributed by atoms with E-state index in [4.69, 9.17) is 5.73 Å². The van der Waals surface area contributed by atoms with Crippen molar-refractivity contribution in [1.82, 2.24) is 0 Å². The van der Waals surface area contributed by atoms with Gasteiger partial charge in [-0.1, -0.05) is 42.5 Å². The monoisotopic (exact) mass is 381 g/mol. The van der Waals surface area contributed by atoms with Gasteiger partial charge in [0.05, 0.1) is 12.0 Å². The average Bonchev–Trinajstić information content (AvgIpc) is 2.85. The molecule has 3 unspecified atom stereocenters. The number of alkyl halides is 4. The molecule has 3 atom stereocenters. The van der Waals surface area contributed by atoms with Gasteiger partial charge in [-0.15, -0.1) is 0 Å². The minimum Gasteiger partial charge on any atom is -0.322 e. The predicted molar refractivity (Wildman–Crippen MR) is 95.7 cm³/mol. The third-order valence-electron chi connectivity index (χ3n) is 4.98. The van der Waals surface area contributed by atoms with Crippen molar-refractivity contribution in [2.75, 3.05) is 0 Å². The molecule has 1 aliphatic rings. The molecule has 2 N–H and O–H groups in total. The van der Waals surface area contributed by atoms with E-state index >= 15 is 0 Å². The second kappa shape index (κ2) is 7.08. The van der Waals surface area contributed by atoms with Gasteiger partial charge in [0, 0.05) is 6.42 Å². The van der Waals surface area contributed by atoms with E-state index in [2.05, 4.69) is 0 Å². The third kappa shape index (κ3) is 3.90. The molecule has 144 valence electrons. The Morgan fingerprint density at radius 3 is 2.33 bits per heavy atom. The van der Waals surface area contributed by atoms with Crippen LogP contribution in [-0.4, -0.2) is 12.3 Å². The number of benzene rings is 2.